The molecule has 1 N–H and O–H groups in total. The number of hydrogen-bond donors (Lipinski definition) is 1. The van der Waals surface area contributed by atoms with Crippen LogP contribution in [0, 0.1) is 5.82 Å². The van der Waals surface area contributed by atoms with Gasteiger partial charge in [0.05, 0.1) is 29.7 Å². The van der Waals surface area contributed by atoms with Crippen LogP contribution in [0.2, 0.25) is 0 Å². The monoisotopic (exact) mass is 459 g/mol. The molecule has 0 saturated carbocycles. The first-order valence-electron chi connectivity index (χ1n) is 10.2. The number of aliphatic hydroxyl groups is 1. The average Bonchev–Trinajstić information content (AvgIpc) is 3.24. The standard InChI is InChI=1S/C23H22FNO6S/c1-2-31-16-7-5-6-14(12-16)21(26)19-20(17-8-3-4-9-18(17)24)25(23(28)22(19)27)15-10-11-32(29,30)13-15/h3-9,12,15,20,26H,2,10-11,13H2,1H3/t15-,20+/m0/s1. The highest BCUT2D eigenvalue weighted by Crippen LogP contribution is 2.43. The van der Waals surface area contributed by atoms with Gasteiger partial charge in [0.1, 0.15) is 17.3 Å². The molecule has 2 aliphatic heterocycles. The van der Waals surface area contributed by atoms with Crippen molar-refractivity contribution < 1.29 is 32.2 Å². The van der Waals surface area contributed by atoms with Crippen molar-refractivity contribution >= 4 is 27.3 Å². The highest BCUT2D eigenvalue weighted by atomic mass is 32.2. The van der Waals surface area contributed by atoms with E-state index in [1.165, 1.54) is 24.3 Å². The van der Waals surface area contributed by atoms with Gasteiger partial charge < -0.3 is 14.7 Å². The first-order valence-corrected chi connectivity index (χ1v) is 12.0. The number of carbonyl (C=O) groups is 2. The van der Waals surface area contributed by atoms with Crippen LogP contribution in [0.5, 0.6) is 5.75 Å². The van der Waals surface area contributed by atoms with Crippen LogP contribution in [0.15, 0.2) is 54.1 Å². The van der Waals surface area contributed by atoms with Gasteiger partial charge in [0.15, 0.2) is 9.84 Å². The molecule has 0 bridgehead atoms. The molecule has 0 unspecified atom stereocenters. The molecular formula is C23H22FNO6S. The van der Waals surface area contributed by atoms with Crippen LogP contribution in [0.1, 0.15) is 30.5 Å². The van der Waals surface area contributed by atoms with Gasteiger partial charge in [-0.05, 0) is 31.5 Å². The van der Waals surface area contributed by atoms with Gasteiger partial charge in [-0.1, -0.05) is 30.3 Å². The lowest BCUT2D eigenvalue weighted by Gasteiger charge is -2.30. The minimum absolute atomic E-state index is 0.0125. The fraction of sp³-hybridized carbons (Fsp3) is 0.304. The second kappa shape index (κ2) is 8.38. The van der Waals surface area contributed by atoms with Gasteiger partial charge in [-0.3, -0.25) is 9.59 Å². The first-order chi connectivity index (χ1) is 15.2. The van der Waals surface area contributed by atoms with Crippen LogP contribution in [0.25, 0.3) is 5.76 Å². The van der Waals surface area contributed by atoms with Crippen LogP contribution >= 0.6 is 0 Å². The van der Waals surface area contributed by atoms with Crippen molar-refractivity contribution in [2.24, 2.45) is 0 Å². The maximum absolute atomic E-state index is 14.8. The number of amides is 1. The summed E-state index contributed by atoms with van der Waals surface area (Å²) >= 11 is 0. The summed E-state index contributed by atoms with van der Waals surface area (Å²) < 4.78 is 44.4. The Kier molecular flexibility index (Phi) is 5.77. The quantitative estimate of drug-likeness (QED) is 0.419. The summed E-state index contributed by atoms with van der Waals surface area (Å²) in [7, 11) is -3.39. The Labute approximate surface area is 185 Å². The molecule has 2 aliphatic rings. The van der Waals surface area contributed by atoms with Crippen LogP contribution in [-0.2, 0) is 19.4 Å². The second-order valence-corrected chi connectivity index (χ2v) is 9.97. The number of benzene rings is 2. The average molecular weight is 459 g/mol. The molecule has 1 amide bonds. The molecular weight excluding hydrogens is 437 g/mol. The fourth-order valence-corrected chi connectivity index (χ4v) is 5.99. The summed E-state index contributed by atoms with van der Waals surface area (Å²) in [5.74, 6) is -3.06. The predicted octanol–water partition coefficient (Wildman–Crippen LogP) is 2.83. The lowest BCUT2D eigenvalue weighted by Crippen LogP contribution is -2.40. The van der Waals surface area contributed by atoms with Gasteiger partial charge in [0.25, 0.3) is 11.7 Å². The molecule has 0 spiro atoms. The number of hydrogen-bond acceptors (Lipinski definition) is 6. The zero-order chi connectivity index (χ0) is 23.0. The van der Waals surface area contributed by atoms with Crippen LogP contribution in [0.3, 0.4) is 0 Å². The molecule has 0 aromatic heterocycles. The van der Waals surface area contributed by atoms with Crippen LogP contribution < -0.4 is 4.74 Å². The molecule has 4 rings (SSSR count). The molecule has 2 aromatic carbocycles. The molecule has 9 heteroatoms. The molecule has 32 heavy (non-hydrogen) atoms. The summed E-state index contributed by atoms with van der Waals surface area (Å²) in [5.41, 5.74) is -0.0362. The maximum Gasteiger partial charge on any atom is 0.295 e. The van der Waals surface area contributed by atoms with Gasteiger partial charge in [0, 0.05) is 17.2 Å². The SMILES string of the molecule is CCOc1cccc(C(O)=C2C(=O)C(=O)N([C@H]3CCS(=O)(=O)C3)[C@@H]2c2ccccc2F)c1. The van der Waals surface area contributed by atoms with Crippen LogP contribution in [-0.4, -0.2) is 54.3 Å². The number of ketones is 1. The number of ether oxygens (including phenoxy) is 1. The van der Waals surface area contributed by atoms with Crippen molar-refractivity contribution in [1.82, 2.24) is 4.90 Å². The van der Waals surface area contributed by atoms with E-state index < -0.39 is 45.2 Å². The van der Waals surface area contributed by atoms with Crippen molar-refractivity contribution in [2.45, 2.75) is 25.4 Å². The summed E-state index contributed by atoms with van der Waals surface area (Å²) in [6.45, 7) is 2.19. The Morgan fingerprint density at radius 3 is 2.59 bits per heavy atom. The Hall–Kier alpha value is -3.20. The van der Waals surface area contributed by atoms with E-state index in [0.717, 1.165) is 4.90 Å². The highest BCUT2D eigenvalue weighted by Gasteiger charge is 2.51. The third kappa shape index (κ3) is 3.88. The lowest BCUT2D eigenvalue weighted by atomic mass is 9.94. The van der Waals surface area contributed by atoms with E-state index in [0.29, 0.717) is 12.4 Å². The third-order valence-electron chi connectivity index (χ3n) is 5.70. The maximum atomic E-state index is 14.8. The summed E-state index contributed by atoms with van der Waals surface area (Å²) in [6.07, 6.45) is 0.139. The van der Waals surface area contributed by atoms with Gasteiger partial charge in [-0.25, -0.2) is 12.8 Å². The second-order valence-electron chi connectivity index (χ2n) is 7.75. The molecule has 2 saturated heterocycles. The van der Waals surface area contributed by atoms with E-state index in [1.807, 2.05) is 0 Å². The van der Waals surface area contributed by atoms with Gasteiger partial charge in [-0.2, -0.15) is 0 Å². The number of likely N-dealkylation sites (tertiary alicyclic amines) is 1. The van der Waals surface area contributed by atoms with Crippen molar-refractivity contribution in [3.63, 3.8) is 0 Å². The Balaban J connectivity index is 1.89. The molecule has 0 aliphatic carbocycles. The van der Waals surface area contributed by atoms with E-state index in [2.05, 4.69) is 0 Å². The molecule has 2 aromatic rings. The number of rotatable bonds is 5. The highest BCUT2D eigenvalue weighted by molar-refractivity contribution is 7.91. The molecule has 2 fully saturated rings. The first kappa shape index (κ1) is 22.0. The Bertz CT molecular complexity index is 1220. The number of nitrogens with zero attached hydrogens (tertiary/aromatic N) is 1. The Morgan fingerprint density at radius 2 is 1.94 bits per heavy atom. The smallest absolute Gasteiger partial charge is 0.295 e. The summed E-state index contributed by atoms with van der Waals surface area (Å²) in [4.78, 5) is 27.2. The summed E-state index contributed by atoms with van der Waals surface area (Å²) in [5, 5.41) is 11.1. The number of halogens is 1. The Morgan fingerprint density at radius 1 is 1.19 bits per heavy atom. The van der Waals surface area contributed by atoms with Crippen molar-refractivity contribution in [2.75, 3.05) is 18.1 Å². The normalized spacial score (nSPS) is 24.1. The van der Waals surface area contributed by atoms with E-state index in [1.54, 1.807) is 31.2 Å². The van der Waals surface area contributed by atoms with E-state index in [4.69, 9.17) is 4.74 Å². The number of aliphatic hydroxyl groups excluding tert-OH is 1. The number of sulfone groups is 1. The van der Waals surface area contributed by atoms with E-state index in [9.17, 15) is 27.5 Å². The zero-order valence-corrected chi connectivity index (χ0v) is 18.1. The molecule has 2 heterocycles. The molecule has 7 nitrogen and oxygen atoms in total. The fourth-order valence-electron chi connectivity index (χ4n) is 4.28. The number of carbonyl (C=O) groups excluding carboxylic acids is 2. The summed E-state index contributed by atoms with van der Waals surface area (Å²) in [6, 6.07) is 9.97. The van der Waals surface area contributed by atoms with Gasteiger partial charge >= 0.3 is 0 Å². The zero-order valence-electron chi connectivity index (χ0n) is 17.3. The minimum atomic E-state index is -3.39. The molecule has 168 valence electrons. The molecule has 2 atom stereocenters. The van der Waals surface area contributed by atoms with E-state index in [-0.39, 0.29) is 34.6 Å². The minimum Gasteiger partial charge on any atom is -0.507 e. The molecule has 0 radical (unpaired) electrons. The lowest BCUT2D eigenvalue weighted by molar-refractivity contribution is -0.141. The van der Waals surface area contributed by atoms with Crippen molar-refractivity contribution in [3.8, 4) is 5.75 Å². The van der Waals surface area contributed by atoms with E-state index >= 15 is 0 Å². The topological polar surface area (TPSA) is 101 Å². The van der Waals surface area contributed by atoms with Crippen LogP contribution in [0.4, 0.5) is 4.39 Å². The van der Waals surface area contributed by atoms with Crippen molar-refractivity contribution in [3.05, 3.63) is 71.0 Å². The van der Waals surface area contributed by atoms with Crippen molar-refractivity contribution in [1.29, 1.82) is 0 Å². The largest absolute Gasteiger partial charge is 0.507 e. The van der Waals surface area contributed by atoms with Gasteiger partial charge in [-0.15, -0.1) is 0 Å². The third-order valence-corrected chi connectivity index (χ3v) is 7.45. The number of Topliss-reactive ketones (excluding diaryl/α,β-unsaturated/α-hetero) is 1. The predicted molar refractivity (Wildman–Crippen MR) is 115 cm³/mol. The van der Waals surface area contributed by atoms with Gasteiger partial charge in [0.2, 0.25) is 0 Å².